The number of amides is 2. The highest BCUT2D eigenvalue weighted by atomic mass is 16.6. The average Bonchev–Trinajstić information content (AvgIpc) is 2.89. The van der Waals surface area contributed by atoms with Gasteiger partial charge in [-0.15, -0.1) is 0 Å². The Morgan fingerprint density at radius 2 is 2.12 bits per heavy atom. The second kappa shape index (κ2) is 10.7. The minimum absolute atomic E-state index is 0.0305. The Morgan fingerprint density at radius 1 is 1.38 bits per heavy atom. The van der Waals surface area contributed by atoms with Crippen molar-refractivity contribution in [1.29, 1.82) is 0 Å². The summed E-state index contributed by atoms with van der Waals surface area (Å²) < 4.78 is 16.0. The van der Waals surface area contributed by atoms with Gasteiger partial charge >= 0.3 is 18.0 Å². The highest BCUT2D eigenvalue weighted by Gasteiger charge is 2.56. The van der Waals surface area contributed by atoms with Gasteiger partial charge < -0.3 is 19.9 Å². The molecule has 0 spiro atoms. The van der Waals surface area contributed by atoms with E-state index < -0.39 is 29.5 Å². The van der Waals surface area contributed by atoms with Gasteiger partial charge in [0, 0.05) is 25.2 Å². The molecule has 1 saturated heterocycles. The minimum Gasteiger partial charge on any atom is -0.465 e. The van der Waals surface area contributed by atoms with Gasteiger partial charge in [0.1, 0.15) is 6.10 Å². The van der Waals surface area contributed by atoms with Gasteiger partial charge in [-0.2, -0.15) is 5.10 Å². The fourth-order valence-electron chi connectivity index (χ4n) is 2.82. The van der Waals surface area contributed by atoms with Crippen molar-refractivity contribution in [3.63, 3.8) is 0 Å². The second-order valence-electron chi connectivity index (χ2n) is 6.32. The molecule has 0 aliphatic carbocycles. The number of carbonyl (C=O) groups is 3. The van der Waals surface area contributed by atoms with E-state index in [9.17, 15) is 14.4 Å². The molecule has 148 valence electrons. The average molecular weight is 371 g/mol. The van der Waals surface area contributed by atoms with Gasteiger partial charge in [-0.1, -0.05) is 19.8 Å². The first-order valence-electron chi connectivity index (χ1n) is 8.90. The quantitative estimate of drug-likeness (QED) is 0.186. The molecule has 1 heterocycles. The highest BCUT2D eigenvalue weighted by Crippen LogP contribution is 2.39. The van der Waals surface area contributed by atoms with Crippen LogP contribution in [0.5, 0.6) is 0 Å². The molecule has 0 saturated carbocycles. The molecule has 0 radical (unpaired) electrons. The largest absolute Gasteiger partial charge is 0.465 e. The molecule has 0 bridgehead atoms. The summed E-state index contributed by atoms with van der Waals surface area (Å²) in [5.74, 6) is -1.32. The number of primary amides is 1. The first-order valence-corrected chi connectivity index (χ1v) is 8.90. The molecule has 0 aromatic rings. The molecule has 1 aliphatic rings. The Bertz CT molecular complexity index is 537. The van der Waals surface area contributed by atoms with Crippen molar-refractivity contribution < 1.29 is 28.6 Å². The maximum Gasteiger partial charge on any atom is 0.332 e. The molecule has 2 amide bonds. The third kappa shape index (κ3) is 6.29. The number of hydrogen-bond donors (Lipinski definition) is 2. The molecule has 26 heavy (non-hydrogen) atoms. The number of unbranched alkanes of at least 4 members (excludes halogenated alkanes) is 2. The first-order chi connectivity index (χ1) is 12.4. The topological polar surface area (TPSA) is 129 Å². The molecule has 9 nitrogen and oxygen atoms in total. The third-order valence-corrected chi connectivity index (χ3v) is 4.02. The van der Waals surface area contributed by atoms with Crippen LogP contribution < -0.4 is 11.2 Å². The zero-order chi connectivity index (χ0) is 19.6. The number of hydrogen-bond acceptors (Lipinski definition) is 7. The van der Waals surface area contributed by atoms with Crippen molar-refractivity contribution in [2.45, 2.75) is 59.0 Å². The molecule has 1 rings (SSSR count). The SMILES string of the molecule is CCCCCOCC1CC(CC(C)=NNC(N)=O)(C(=O)OCC)C(=O)O1. The summed E-state index contributed by atoms with van der Waals surface area (Å²) in [6, 6.07) is -0.832. The van der Waals surface area contributed by atoms with Crippen LogP contribution in [0, 0.1) is 5.41 Å². The molecule has 1 aliphatic heterocycles. The lowest BCUT2D eigenvalue weighted by atomic mass is 9.80. The van der Waals surface area contributed by atoms with Gasteiger partial charge in [0.05, 0.1) is 13.2 Å². The zero-order valence-electron chi connectivity index (χ0n) is 15.7. The van der Waals surface area contributed by atoms with Gasteiger partial charge in [0.15, 0.2) is 5.41 Å². The Hall–Kier alpha value is -2.16. The van der Waals surface area contributed by atoms with Crippen LogP contribution in [0.25, 0.3) is 0 Å². The van der Waals surface area contributed by atoms with E-state index in [0.29, 0.717) is 12.3 Å². The predicted octanol–water partition coefficient (Wildman–Crippen LogP) is 1.49. The predicted molar refractivity (Wildman–Crippen MR) is 94.4 cm³/mol. The monoisotopic (exact) mass is 371 g/mol. The fourth-order valence-corrected chi connectivity index (χ4v) is 2.82. The van der Waals surface area contributed by atoms with Crippen molar-refractivity contribution in [3.05, 3.63) is 0 Å². The van der Waals surface area contributed by atoms with E-state index in [1.54, 1.807) is 13.8 Å². The Morgan fingerprint density at radius 3 is 2.73 bits per heavy atom. The molecular formula is C17H29N3O6. The van der Waals surface area contributed by atoms with Gasteiger partial charge in [0.25, 0.3) is 0 Å². The molecule has 2 atom stereocenters. The number of carbonyl (C=O) groups excluding carboxylic acids is 3. The van der Waals surface area contributed by atoms with Crippen molar-refractivity contribution in [3.8, 4) is 0 Å². The molecule has 2 unspecified atom stereocenters. The Kier molecular flexibility index (Phi) is 9.04. The number of nitrogens with one attached hydrogen (secondary N) is 1. The van der Waals surface area contributed by atoms with E-state index in [4.69, 9.17) is 19.9 Å². The number of ether oxygens (including phenoxy) is 3. The lowest BCUT2D eigenvalue weighted by molar-refractivity contribution is -0.164. The van der Waals surface area contributed by atoms with Gasteiger partial charge in [-0.3, -0.25) is 9.59 Å². The van der Waals surface area contributed by atoms with Crippen LogP contribution in [0.4, 0.5) is 4.79 Å². The van der Waals surface area contributed by atoms with Crippen molar-refractivity contribution >= 4 is 23.7 Å². The molecule has 0 aromatic carbocycles. The summed E-state index contributed by atoms with van der Waals surface area (Å²) in [4.78, 5) is 35.7. The summed E-state index contributed by atoms with van der Waals surface area (Å²) >= 11 is 0. The lowest BCUT2D eigenvalue weighted by Crippen LogP contribution is -2.39. The normalized spacial score (nSPS) is 22.8. The summed E-state index contributed by atoms with van der Waals surface area (Å²) in [6.45, 7) is 6.30. The number of hydrazone groups is 1. The van der Waals surface area contributed by atoms with Crippen LogP contribution in [0.2, 0.25) is 0 Å². The molecule has 9 heteroatoms. The zero-order valence-corrected chi connectivity index (χ0v) is 15.7. The minimum atomic E-state index is -1.49. The van der Waals surface area contributed by atoms with Crippen LogP contribution in [0.3, 0.4) is 0 Å². The number of nitrogens with two attached hydrogens (primary N) is 1. The standard InChI is InChI=1S/C17H29N3O6/c1-4-6-7-8-24-11-13-10-17(15(22)26-13,14(21)25-5-2)9-12(3)19-20-16(18)23/h13H,4-11H2,1-3H3,(H3,18,20,23). The Balaban J connectivity index is 2.79. The van der Waals surface area contributed by atoms with Crippen LogP contribution in [-0.2, 0) is 23.8 Å². The smallest absolute Gasteiger partial charge is 0.332 e. The Labute approximate surface area is 153 Å². The van der Waals surface area contributed by atoms with Gasteiger partial charge in [-0.05, 0) is 20.3 Å². The maximum absolute atomic E-state index is 12.5. The third-order valence-electron chi connectivity index (χ3n) is 4.02. The van der Waals surface area contributed by atoms with E-state index in [2.05, 4.69) is 17.5 Å². The van der Waals surface area contributed by atoms with E-state index in [1.807, 2.05) is 0 Å². The number of esters is 2. The molecule has 3 N–H and O–H groups in total. The first kappa shape index (κ1) is 21.9. The number of rotatable bonds is 11. The van der Waals surface area contributed by atoms with E-state index in [0.717, 1.165) is 19.3 Å². The summed E-state index contributed by atoms with van der Waals surface area (Å²) in [5.41, 5.74) is 5.93. The lowest BCUT2D eigenvalue weighted by Gasteiger charge is -2.22. The van der Waals surface area contributed by atoms with E-state index in [-0.39, 0.29) is 26.1 Å². The van der Waals surface area contributed by atoms with E-state index in [1.165, 1.54) is 0 Å². The molecule has 1 fully saturated rings. The molecular weight excluding hydrogens is 342 g/mol. The van der Waals surface area contributed by atoms with Crippen LogP contribution in [0.15, 0.2) is 5.10 Å². The van der Waals surface area contributed by atoms with Crippen LogP contribution in [-0.4, -0.2) is 49.6 Å². The highest BCUT2D eigenvalue weighted by molar-refractivity contribution is 6.05. The second-order valence-corrected chi connectivity index (χ2v) is 6.32. The number of cyclic esters (lactones) is 1. The van der Waals surface area contributed by atoms with Crippen molar-refractivity contribution in [2.75, 3.05) is 19.8 Å². The maximum atomic E-state index is 12.5. The summed E-state index contributed by atoms with van der Waals surface area (Å²) in [5, 5.41) is 3.78. The fraction of sp³-hybridized carbons (Fsp3) is 0.765. The van der Waals surface area contributed by atoms with Crippen molar-refractivity contribution in [1.82, 2.24) is 5.43 Å². The summed E-state index contributed by atoms with van der Waals surface area (Å²) in [6.07, 6.45) is 2.68. The van der Waals surface area contributed by atoms with Gasteiger partial charge in [-0.25, -0.2) is 10.2 Å². The molecule has 0 aromatic heterocycles. The number of urea groups is 1. The van der Waals surface area contributed by atoms with Crippen molar-refractivity contribution in [2.24, 2.45) is 16.3 Å². The summed E-state index contributed by atoms with van der Waals surface area (Å²) in [7, 11) is 0. The van der Waals surface area contributed by atoms with Gasteiger partial charge in [0.2, 0.25) is 0 Å². The number of nitrogens with zero attached hydrogens (tertiary/aromatic N) is 1. The van der Waals surface area contributed by atoms with Crippen LogP contribution in [0.1, 0.15) is 52.9 Å². The van der Waals surface area contributed by atoms with E-state index >= 15 is 0 Å². The van der Waals surface area contributed by atoms with Crippen LogP contribution >= 0.6 is 0 Å².